The van der Waals surface area contributed by atoms with Crippen LogP contribution in [0.1, 0.15) is 5.82 Å². The lowest BCUT2D eigenvalue weighted by molar-refractivity contribution is -0.144. The normalized spacial score (nSPS) is 20.1. The fourth-order valence-corrected chi connectivity index (χ4v) is 1.89. The molecular formula is C11H15F3N4O2. The number of aliphatic hydroxyl groups is 1. The molecule has 20 heavy (non-hydrogen) atoms. The molecule has 0 aliphatic carbocycles. The number of rotatable bonds is 3. The van der Waals surface area contributed by atoms with Gasteiger partial charge in [-0.25, -0.2) is 9.97 Å². The van der Waals surface area contributed by atoms with Crippen molar-refractivity contribution < 1.29 is 23.0 Å². The fraction of sp³-hybridized carbons (Fsp3) is 0.636. The highest BCUT2D eigenvalue weighted by molar-refractivity contribution is 5.49. The van der Waals surface area contributed by atoms with E-state index in [1.165, 1.54) is 13.1 Å². The molecule has 1 aromatic heterocycles. The highest BCUT2D eigenvalue weighted by Crippen LogP contribution is 2.29. The summed E-state index contributed by atoms with van der Waals surface area (Å²) in [6.07, 6.45) is -5.03. The summed E-state index contributed by atoms with van der Waals surface area (Å²) >= 11 is 0. The molecule has 0 aromatic carbocycles. The van der Waals surface area contributed by atoms with E-state index in [1.54, 1.807) is 4.90 Å². The van der Waals surface area contributed by atoms with Crippen LogP contribution in [0.25, 0.3) is 0 Å². The van der Waals surface area contributed by atoms with Crippen molar-refractivity contribution in [2.45, 2.75) is 12.3 Å². The van der Waals surface area contributed by atoms with E-state index in [0.29, 0.717) is 13.2 Å². The van der Waals surface area contributed by atoms with E-state index in [-0.39, 0.29) is 24.8 Å². The maximum atomic E-state index is 12.8. The first-order chi connectivity index (χ1) is 9.44. The number of hydrogen-bond donors (Lipinski definition) is 2. The Bertz CT molecular complexity index is 469. The zero-order chi connectivity index (χ0) is 14.8. The Hall–Kier alpha value is -1.61. The lowest BCUT2D eigenvalue weighted by atomic mass is 10.3. The predicted octanol–water partition coefficient (Wildman–Crippen LogP) is 0.735. The van der Waals surface area contributed by atoms with E-state index in [0.717, 1.165) is 0 Å². The summed E-state index contributed by atoms with van der Waals surface area (Å²) < 4.78 is 43.5. The summed E-state index contributed by atoms with van der Waals surface area (Å²) in [5, 5.41) is 11.6. The van der Waals surface area contributed by atoms with Gasteiger partial charge in [-0.15, -0.1) is 0 Å². The van der Waals surface area contributed by atoms with Gasteiger partial charge in [-0.3, -0.25) is 0 Å². The molecule has 0 amide bonds. The molecule has 1 aliphatic heterocycles. The number of alkyl halides is 3. The first kappa shape index (κ1) is 14.8. The molecule has 1 fully saturated rings. The van der Waals surface area contributed by atoms with Crippen molar-refractivity contribution in [3.8, 4) is 0 Å². The fourth-order valence-electron chi connectivity index (χ4n) is 1.89. The van der Waals surface area contributed by atoms with Crippen molar-refractivity contribution in [1.29, 1.82) is 0 Å². The zero-order valence-electron chi connectivity index (χ0n) is 10.8. The number of nitrogens with zero attached hydrogens (tertiary/aromatic N) is 3. The minimum atomic E-state index is -4.61. The molecule has 0 bridgehead atoms. The van der Waals surface area contributed by atoms with Crippen molar-refractivity contribution in [3.05, 3.63) is 11.9 Å². The molecule has 1 atom stereocenters. The quantitative estimate of drug-likeness (QED) is 0.856. The maximum absolute atomic E-state index is 12.8. The predicted molar refractivity (Wildman–Crippen MR) is 65.6 cm³/mol. The molecule has 0 spiro atoms. The van der Waals surface area contributed by atoms with Crippen LogP contribution in [-0.2, 0) is 10.9 Å². The molecule has 112 valence electrons. The summed E-state index contributed by atoms with van der Waals surface area (Å²) in [6.45, 7) is 0.833. The lowest BCUT2D eigenvalue weighted by Gasteiger charge is -2.33. The first-order valence-corrected chi connectivity index (χ1v) is 6.05. The van der Waals surface area contributed by atoms with Crippen LogP contribution in [0, 0.1) is 0 Å². The van der Waals surface area contributed by atoms with E-state index >= 15 is 0 Å². The third kappa shape index (κ3) is 3.28. The minimum Gasteiger partial charge on any atom is -0.394 e. The summed E-state index contributed by atoms with van der Waals surface area (Å²) in [5.41, 5.74) is 0. The van der Waals surface area contributed by atoms with Crippen LogP contribution in [0.15, 0.2) is 6.07 Å². The molecule has 1 unspecified atom stereocenters. The molecule has 6 nitrogen and oxygen atoms in total. The molecule has 1 saturated heterocycles. The maximum Gasteiger partial charge on any atom is 0.451 e. The standard InChI is InChI=1S/C11H15F3N4O2/c1-15-8-4-9(17-10(16-8)11(12,13)14)18-2-3-20-7(5-18)6-19/h4,7,19H,2-3,5-6H2,1H3,(H,15,16,17). The van der Waals surface area contributed by atoms with E-state index in [1.807, 2.05) is 0 Å². The van der Waals surface area contributed by atoms with Gasteiger partial charge in [0.25, 0.3) is 0 Å². The average molecular weight is 292 g/mol. The molecular weight excluding hydrogens is 277 g/mol. The van der Waals surface area contributed by atoms with E-state index in [2.05, 4.69) is 15.3 Å². The summed E-state index contributed by atoms with van der Waals surface area (Å²) in [5.74, 6) is -0.931. The Morgan fingerprint density at radius 3 is 2.85 bits per heavy atom. The highest BCUT2D eigenvalue weighted by atomic mass is 19.4. The number of aliphatic hydroxyl groups excluding tert-OH is 1. The SMILES string of the molecule is CNc1cc(N2CCOC(CO)C2)nc(C(F)(F)F)n1. The third-order valence-corrected chi connectivity index (χ3v) is 2.89. The van der Waals surface area contributed by atoms with Gasteiger partial charge in [-0.1, -0.05) is 0 Å². The second kappa shape index (κ2) is 5.80. The number of hydrogen-bond acceptors (Lipinski definition) is 6. The number of ether oxygens (including phenoxy) is 1. The van der Waals surface area contributed by atoms with Gasteiger partial charge in [0.2, 0.25) is 5.82 Å². The molecule has 2 N–H and O–H groups in total. The number of morpholine rings is 1. The molecule has 1 aromatic rings. The molecule has 2 heterocycles. The van der Waals surface area contributed by atoms with Gasteiger partial charge in [0.15, 0.2) is 0 Å². The van der Waals surface area contributed by atoms with Crippen molar-refractivity contribution in [3.63, 3.8) is 0 Å². The topological polar surface area (TPSA) is 70.5 Å². The van der Waals surface area contributed by atoms with Gasteiger partial charge in [-0.05, 0) is 0 Å². The van der Waals surface area contributed by atoms with Crippen LogP contribution in [0.4, 0.5) is 24.8 Å². The molecule has 0 radical (unpaired) electrons. The lowest BCUT2D eigenvalue weighted by Crippen LogP contribution is -2.44. The molecule has 0 saturated carbocycles. The van der Waals surface area contributed by atoms with Crippen molar-refractivity contribution in [2.75, 3.05) is 43.6 Å². The van der Waals surface area contributed by atoms with Crippen molar-refractivity contribution >= 4 is 11.6 Å². The zero-order valence-corrected chi connectivity index (χ0v) is 10.8. The van der Waals surface area contributed by atoms with E-state index < -0.39 is 18.1 Å². The number of anilines is 2. The van der Waals surface area contributed by atoms with Crippen LogP contribution in [-0.4, -0.2) is 54.5 Å². The van der Waals surface area contributed by atoms with Gasteiger partial charge >= 0.3 is 6.18 Å². The second-order valence-electron chi connectivity index (χ2n) is 4.30. The van der Waals surface area contributed by atoms with Gasteiger partial charge in [0, 0.05) is 26.2 Å². The largest absolute Gasteiger partial charge is 0.451 e. The van der Waals surface area contributed by atoms with E-state index in [9.17, 15) is 13.2 Å². The molecule has 1 aliphatic rings. The van der Waals surface area contributed by atoms with Gasteiger partial charge < -0.3 is 20.1 Å². The Morgan fingerprint density at radius 2 is 2.25 bits per heavy atom. The Labute approximate surface area is 113 Å². The highest BCUT2D eigenvalue weighted by Gasteiger charge is 2.36. The smallest absolute Gasteiger partial charge is 0.394 e. The summed E-state index contributed by atoms with van der Waals surface area (Å²) in [6, 6.07) is 1.44. The van der Waals surface area contributed by atoms with Crippen LogP contribution in [0.3, 0.4) is 0 Å². The van der Waals surface area contributed by atoms with Crippen molar-refractivity contribution in [2.24, 2.45) is 0 Å². The Balaban J connectivity index is 2.30. The van der Waals surface area contributed by atoms with Gasteiger partial charge in [0.1, 0.15) is 11.6 Å². The monoisotopic (exact) mass is 292 g/mol. The number of aromatic nitrogens is 2. The van der Waals surface area contributed by atoms with E-state index in [4.69, 9.17) is 9.84 Å². The molecule has 2 rings (SSSR count). The van der Waals surface area contributed by atoms with Crippen LogP contribution < -0.4 is 10.2 Å². The third-order valence-electron chi connectivity index (χ3n) is 2.89. The second-order valence-corrected chi connectivity index (χ2v) is 4.30. The first-order valence-electron chi connectivity index (χ1n) is 6.05. The Morgan fingerprint density at radius 1 is 1.50 bits per heavy atom. The van der Waals surface area contributed by atoms with Gasteiger partial charge in [0.05, 0.1) is 19.3 Å². The Kier molecular flexibility index (Phi) is 4.29. The number of halogens is 3. The van der Waals surface area contributed by atoms with Gasteiger partial charge in [-0.2, -0.15) is 13.2 Å². The minimum absolute atomic E-state index is 0.0920. The summed E-state index contributed by atoms with van der Waals surface area (Å²) in [7, 11) is 1.49. The van der Waals surface area contributed by atoms with Crippen LogP contribution >= 0.6 is 0 Å². The number of nitrogens with one attached hydrogen (secondary N) is 1. The summed E-state index contributed by atoms with van der Waals surface area (Å²) in [4.78, 5) is 8.60. The van der Waals surface area contributed by atoms with Crippen LogP contribution in [0.5, 0.6) is 0 Å². The molecule has 9 heteroatoms. The van der Waals surface area contributed by atoms with Crippen LogP contribution in [0.2, 0.25) is 0 Å². The van der Waals surface area contributed by atoms with Crippen molar-refractivity contribution in [1.82, 2.24) is 9.97 Å². The average Bonchev–Trinajstić information content (AvgIpc) is 2.46.